The van der Waals surface area contributed by atoms with E-state index in [1.54, 1.807) is 13.3 Å². The highest BCUT2D eigenvalue weighted by molar-refractivity contribution is 5.93. The number of carbonyl (C=O) groups excluding carboxylic acids is 1. The van der Waals surface area contributed by atoms with E-state index in [9.17, 15) is 4.79 Å². The Labute approximate surface area is 244 Å². The third-order valence-electron chi connectivity index (χ3n) is 6.68. The summed E-state index contributed by atoms with van der Waals surface area (Å²) in [5.74, 6) is 2.23. The van der Waals surface area contributed by atoms with Crippen molar-refractivity contribution in [3.63, 3.8) is 0 Å². The summed E-state index contributed by atoms with van der Waals surface area (Å²) in [6.45, 7) is 4.83. The van der Waals surface area contributed by atoms with Crippen molar-refractivity contribution in [3.8, 4) is 34.0 Å². The summed E-state index contributed by atoms with van der Waals surface area (Å²) < 4.78 is 16.8. The lowest BCUT2D eigenvalue weighted by Gasteiger charge is -2.14. The molecule has 42 heavy (non-hydrogen) atoms. The van der Waals surface area contributed by atoms with Crippen molar-refractivity contribution in [2.24, 2.45) is 0 Å². The molecular formula is C32H34N6O4. The lowest BCUT2D eigenvalue weighted by atomic mass is 10.1. The molecule has 0 aliphatic heterocycles. The number of aromatic nitrogens is 4. The van der Waals surface area contributed by atoms with Crippen molar-refractivity contribution in [3.05, 3.63) is 79.1 Å². The summed E-state index contributed by atoms with van der Waals surface area (Å²) in [5.41, 5.74) is 4.43. The van der Waals surface area contributed by atoms with Gasteiger partial charge in [-0.15, -0.1) is 0 Å². The van der Waals surface area contributed by atoms with Gasteiger partial charge in [0.25, 0.3) is 5.91 Å². The Hall–Kier alpha value is -4.96. The lowest BCUT2D eigenvalue weighted by molar-refractivity contribution is -0.123. The summed E-state index contributed by atoms with van der Waals surface area (Å²) >= 11 is 0. The van der Waals surface area contributed by atoms with Crippen molar-refractivity contribution in [1.29, 1.82) is 0 Å². The summed E-state index contributed by atoms with van der Waals surface area (Å²) in [6, 6.07) is 21.3. The number of fused-ring (bicyclic) bond motifs is 1. The monoisotopic (exact) mass is 566 g/mol. The van der Waals surface area contributed by atoms with Crippen LogP contribution in [0.4, 0.5) is 11.5 Å². The predicted molar refractivity (Wildman–Crippen MR) is 163 cm³/mol. The Bertz CT molecular complexity index is 1620. The van der Waals surface area contributed by atoms with Crippen LogP contribution in [-0.4, -0.2) is 59.0 Å². The Balaban J connectivity index is 1.44. The molecule has 0 aliphatic rings. The van der Waals surface area contributed by atoms with Gasteiger partial charge in [-0.2, -0.15) is 5.10 Å². The van der Waals surface area contributed by atoms with Gasteiger partial charge in [-0.05, 0) is 61.4 Å². The average molecular weight is 567 g/mol. The number of aromatic amines is 1. The van der Waals surface area contributed by atoms with Gasteiger partial charge in [0, 0.05) is 41.5 Å². The standard InChI is InChI=1S/C32H34N6O4/c1-4-21(2)35-30(39)20-42-26-7-5-6-23(16-26)31-37-29-13-12-27(41-15-14-40-3)17-28(29)32(38-31)36-25-10-8-22(9-11-25)24-18-33-34-19-24/h5-13,16-19,21H,4,14-15,20H2,1-3H3,(H,33,34)(H,35,39)(H,36,37,38). The van der Waals surface area contributed by atoms with Crippen molar-refractivity contribution < 1.29 is 19.0 Å². The highest BCUT2D eigenvalue weighted by Gasteiger charge is 2.13. The predicted octanol–water partition coefficient (Wildman–Crippen LogP) is 5.75. The first kappa shape index (κ1) is 28.6. The molecule has 5 rings (SSSR count). The molecule has 0 fully saturated rings. The van der Waals surface area contributed by atoms with E-state index < -0.39 is 0 Å². The van der Waals surface area contributed by atoms with E-state index >= 15 is 0 Å². The SMILES string of the molecule is CCC(C)NC(=O)COc1cccc(-c2nc(Nc3ccc(-c4cn[nH]c4)cc3)c3cc(OCCOC)ccc3n2)c1. The zero-order valence-corrected chi connectivity index (χ0v) is 23.9. The molecule has 2 heterocycles. The largest absolute Gasteiger partial charge is 0.491 e. The second-order valence-electron chi connectivity index (χ2n) is 9.80. The van der Waals surface area contributed by atoms with Crippen LogP contribution in [0.3, 0.4) is 0 Å². The van der Waals surface area contributed by atoms with Gasteiger partial charge < -0.3 is 24.8 Å². The molecule has 1 unspecified atom stereocenters. The summed E-state index contributed by atoms with van der Waals surface area (Å²) in [5, 5.41) is 14.1. The Kier molecular flexibility index (Phi) is 9.25. The van der Waals surface area contributed by atoms with Gasteiger partial charge in [-0.25, -0.2) is 9.97 Å². The quantitative estimate of drug-likeness (QED) is 0.154. The number of benzene rings is 3. The summed E-state index contributed by atoms with van der Waals surface area (Å²) in [7, 11) is 1.64. The topological polar surface area (TPSA) is 123 Å². The molecule has 3 N–H and O–H groups in total. The molecule has 0 saturated heterocycles. The number of rotatable bonds is 13. The van der Waals surface area contributed by atoms with E-state index in [0.717, 1.165) is 39.7 Å². The van der Waals surface area contributed by atoms with Crippen molar-refractivity contribution >= 4 is 28.3 Å². The second-order valence-corrected chi connectivity index (χ2v) is 9.80. The number of hydrogen-bond acceptors (Lipinski definition) is 8. The maximum Gasteiger partial charge on any atom is 0.258 e. The highest BCUT2D eigenvalue weighted by Crippen LogP contribution is 2.32. The maximum absolute atomic E-state index is 12.2. The molecule has 216 valence electrons. The second kappa shape index (κ2) is 13.6. The Morgan fingerprint density at radius 3 is 2.52 bits per heavy atom. The zero-order chi connectivity index (χ0) is 29.3. The van der Waals surface area contributed by atoms with Crippen LogP contribution in [0.1, 0.15) is 20.3 Å². The van der Waals surface area contributed by atoms with Gasteiger partial charge >= 0.3 is 0 Å². The van der Waals surface area contributed by atoms with Gasteiger partial charge in [0.1, 0.15) is 23.9 Å². The lowest BCUT2D eigenvalue weighted by Crippen LogP contribution is -2.35. The fourth-order valence-corrected chi connectivity index (χ4v) is 4.25. The van der Waals surface area contributed by atoms with Crippen LogP contribution < -0.4 is 20.1 Å². The molecule has 10 heteroatoms. The number of hydrogen-bond donors (Lipinski definition) is 3. The third-order valence-corrected chi connectivity index (χ3v) is 6.68. The molecule has 2 aromatic heterocycles. The van der Waals surface area contributed by atoms with Gasteiger partial charge in [-0.1, -0.05) is 31.2 Å². The Morgan fingerprint density at radius 1 is 0.929 bits per heavy atom. The minimum atomic E-state index is -0.162. The van der Waals surface area contributed by atoms with E-state index in [-0.39, 0.29) is 18.6 Å². The average Bonchev–Trinajstić information content (AvgIpc) is 3.56. The van der Waals surface area contributed by atoms with Crippen molar-refractivity contribution in [1.82, 2.24) is 25.5 Å². The van der Waals surface area contributed by atoms with E-state index in [1.807, 2.05) is 86.8 Å². The van der Waals surface area contributed by atoms with Crippen LogP contribution in [0.2, 0.25) is 0 Å². The number of nitrogens with zero attached hydrogens (tertiary/aromatic N) is 3. The number of carbonyl (C=O) groups is 1. The molecule has 0 spiro atoms. The smallest absolute Gasteiger partial charge is 0.258 e. The van der Waals surface area contributed by atoms with Crippen LogP contribution in [-0.2, 0) is 9.53 Å². The minimum absolute atomic E-state index is 0.0696. The molecule has 0 aliphatic carbocycles. The number of anilines is 2. The minimum Gasteiger partial charge on any atom is -0.491 e. The molecule has 1 amide bonds. The molecular weight excluding hydrogens is 532 g/mol. The van der Waals surface area contributed by atoms with Gasteiger partial charge in [0.15, 0.2) is 12.4 Å². The van der Waals surface area contributed by atoms with Gasteiger partial charge in [0.05, 0.1) is 18.3 Å². The molecule has 0 radical (unpaired) electrons. The molecule has 0 bridgehead atoms. The fourth-order valence-electron chi connectivity index (χ4n) is 4.25. The molecule has 10 nitrogen and oxygen atoms in total. The van der Waals surface area contributed by atoms with E-state index in [1.165, 1.54) is 0 Å². The van der Waals surface area contributed by atoms with Crippen LogP contribution >= 0.6 is 0 Å². The molecule has 0 saturated carbocycles. The van der Waals surface area contributed by atoms with E-state index in [4.69, 9.17) is 24.2 Å². The van der Waals surface area contributed by atoms with E-state index in [0.29, 0.717) is 36.4 Å². The van der Waals surface area contributed by atoms with Gasteiger partial charge in [0.2, 0.25) is 0 Å². The van der Waals surface area contributed by atoms with Crippen LogP contribution in [0.25, 0.3) is 33.4 Å². The molecule has 3 aromatic carbocycles. The van der Waals surface area contributed by atoms with Crippen LogP contribution in [0.5, 0.6) is 11.5 Å². The van der Waals surface area contributed by atoms with Crippen LogP contribution in [0, 0.1) is 0 Å². The first-order chi connectivity index (χ1) is 20.5. The number of amides is 1. The number of methoxy groups -OCH3 is 1. The van der Waals surface area contributed by atoms with Crippen molar-refractivity contribution in [2.45, 2.75) is 26.3 Å². The normalized spacial score (nSPS) is 11.7. The zero-order valence-electron chi connectivity index (χ0n) is 23.9. The third kappa shape index (κ3) is 7.21. The Morgan fingerprint density at radius 2 is 1.76 bits per heavy atom. The highest BCUT2D eigenvalue weighted by atomic mass is 16.5. The number of H-pyrrole nitrogens is 1. The van der Waals surface area contributed by atoms with Crippen LogP contribution in [0.15, 0.2) is 79.1 Å². The molecule has 5 aromatic rings. The first-order valence-corrected chi connectivity index (χ1v) is 13.8. The maximum atomic E-state index is 12.2. The summed E-state index contributed by atoms with van der Waals surface area (Å²) in [4.78, 5) is 22.0. The van der Waals surface area contributed by atoms with Crippen molar-refractivity contribution in [2.75, 3.05) is 32.2 Å². The van der Waals surface area contributed by atoms with Gasteiger partial charge in [-0.3, -0.25) is 9.89 Å². The number of ether oxygens (including phenoxy) is 3. The summed E-state index contributed by atoms with van der Waals surface area (Å²) in [6.07, 6.45) is 4.49. The van der Waals surface area contributed by atoms with E-state index in [2.05, 4.69) is 20.8 Å². The fraction of sp³-hybridized carbons (Fsp3) is 0.250. The molecule has 1 atom stereocenters. The number of nitrogens with one attached hydrogen (secondary N) is 3. The first-order valence-electron chi connectivity index (χ1n) is 13.8.